The molecule has 1 aliphatic heterocycles. The van der Waals surface area contributed by atoms with Crippen LogP contribution in [-0.2, 0) is 13.1 Å². The van der Waals surface area contributed by atoms with Gasteiger partial charge in [0.25, 0.3) is 5.91 Å². The summed E-state index contributed by atoms with van der Waals surface area (Å²) < 4.78 is 5.60. The average Bonchev–Trinajstić information content (AvgIpc) is 3.11. The Bertz CT molecular complexity index is 769. The van der Waals surface area contributed by atoms with Crippen molar-refractivity contribution in [3.05, 3.63) is 52.7 Å². The van der Waals surface area contributed by atoms with Crippen molar-refractivity contribution in [2.24, 2.45) is 0 Å². The first kappa shape index (κ1) is 19.9. The molecule has 0 atom stereocenters. The summed E-state index contributed by atoms with van der Waals surface area (Å²) in [5.41, 5.74) is 1.45. The zero-order valence-electron chi connectivity index (χ0n) is 16.2. The van der Waals surface area contributed by atoms with E-state index in [1.54, 1.807) is 0 Å². The lowest BCUT2D eigenvalue weighted by Crippen LogP contribution is -2.47. The van der Waals surface area contributed by atoms with Gasteiger partial charge >= 0.3 is 0 Å². The van der Waals surface area contributed by atoms with Gasteiger partial charge in [-0.1, -0.05) is 29.8 Å². The Morgan fingerprint density at radius 2 is 1.93 bits per heavy atom. The number of amides is 1. The molecule has 1 saturated heterocycles. The first-order valence-corrected chi connectivity index (χ1v) is 9.71. The number of carbonyl (C=O) groups is 1. The van der Waals surface area contributed by atoms with Gasteiger partial charge in [0.05, 0.1) is 6.54 Å². The van der Waals surface area contributed by atoms with Crippen LogP contribution in [0.4, 0.5) is 0 Å². The van der Waals surface area contributed by atoms with E-state index in [0.29, 0.717) is 24.7 Å². The molecule has 27 heavy (non-hydrogen) atoms. The molecule has 0 N–H and O–H groups in total. The maximum Gasteiger partial charge on any atom is 0.275 e. The highest BCUT2D eigenvalue weighted by Crippen LogP contribution is 2.20. The van der Waals surface area contributed by atoms with E-state index in [9.17, 15) is 4.79 Å². The summed E-state index contributed by atoms with van der Waals surface area (Å²) in [5.74, 6) is 0.494. The molecule has 0 radical (unpaired) electrons. The monoisotopic (exact) mass is 390 g/mol. The van der Waals surface area contributed by atoms with Crippen LogP contribution in [0, 0.1) is 0 Å². The van der Waals surface area contributed by atoms with Crippen molar-refractivity contribution in [2.45, 2.75) is 33.0 Å². The number of hydrogen-bond acceptors (Lipinski definition) is 5. The molecule has 0 bridgehead atoms. The number of aromatic nitrogens is 1. The smallest absolute Gasteiger partial charge is 0.275 e. The third kappa shape index (κ3) is 5.09. The molecule has 3 rings (SSSR count). The summed E-state index contributed by atoms with van der Waals surface area (Å²) in [5, 5.41) is 0.751. The number of hydrogen-bond donors (Lipinski definition) is 0. The Morgan fingerprint density at radius 3 is 2.59 bits per heavy atom. The van der Waals surface area contributed by atoms with Gasteiger partial charge in [0.15, 0.2) is 5.69 Å². The maximum atomic E-state index is 12.6. The Kier molecular flexibility index (Phi) is 6.52. The van der Waals surface area contributed by atoms with Crippen molar-refractivity contribution in [3.63, 3.8) is 0 Å². The first-order valence-electron chi connectivity index (χ1n) is 9.33. The maximum absolute atomic E-state index is 12.6. The van der Waals surface area contributed by atoms with Gasteiger partial charge in [0.1, 0.15) is 6.26 Å². The van der Waals surface area contributed by atoms with Crippen molar-refractivity contribution in [1.29, 1.82) is 0 Å². The molecule has 6 nitrogen and oxygen atoms in total. The highest BCUT2D eigenvalue weighted by molar-refractivity contribution is 6.31. The van der Waals surface area contributed by atoms with Gasteiger partial charge in [-0.3, -0.25) is 9.69 Å². The van der Waals surface area contributed by atoms with Crippen LogP contribution in [-0.4, -0.2) is 64.9 Å². The lowest BCUT2D eigenvalue weighted by Gasteiger charge is -2.31. The fourth-order valence-corrected chi connectivity index (χ4v) is 3.29. The van der Waals surface area contributed by atoms with E-state index >= 15 is 0 Å². The summed E-state index contributed by atoms with van der Waals surface area (Å²) in [7, 11) is 2.06. The number of benzene rings is 1. The average molecular weight is 391 g/mol. The molecule has 2 heterocycles. The Balaban J connectivity index is 1.65. The SMILES string of the molecule is CC(C)N(Cc1nc(C(=O)N2CCN(C)CC2)co1)Cc1ccccc1Cl. The minimum atomic E-state index is -0.0553. The lowest BCUT2D eigenvalue weighted by molar-refractivity contribution is 0.0658. The van der Waals surface area contributed by atoms with Gasteiger partial charge in [0.2, 0.25) is 5.89 Å². The molecule has 1 aliphatic rings. The van der Waals surface area contributed by atoms with Crippen LogP contribution in [0.25, 0.3) is 0 Å². The zero-order chi connectivity index (χ0) is 19.4. The predicted molar refractivity (Wildman–Crippen MR) is 106 cm³/mol. The van der Waals surface area contributed by atoms with Gasteiger partial charge < -0.3 is 14.2 Å². The van der Waals surface area contributed by atoms with Crippen LogP contribution in [0.3, 0.4) is 0 Å². The van der Waals surface area contributed by atoms with Gasteiger partial charge in [-0.05, 0) is 32.5 Å². The zero-order valence-corrected chi connectivity index (χ0v) is 16.9. The Labute approximate surface area is 165 Å². The number of piperazine rings is 1. The van der Waals surface area contributed by atoms with Crippen molar-refractivity contribution in [1.82, 2.24) is 19.7 Å². The minimum Gasteiger partial charge on any atom is -0.447 e. The number of rotatable bonds is 6. The molecule has 0 aliphatic carbocycles. The Morgan fingerprint density at radius 1 is 1.22 bits per heavy atom. The third-order valence-corrected chi connectivity index (χ3v) is 5.33. The summed E-state index contributed by atoms with van der Waals surface area (Å²) in [6, 6.07) is 8.11. The van der Waals surface area contributed by atoms with Crippen LogP contribution in [0.2, 0.25) is 5.02 Å². The van der Waals surface area contributed by atoms with Gasteiger partial charge in [-0.25, -0.2) is 4.98 Å². The molecule has 2 aromatic rings. The lowest BCUT2D eigenvalue weighted by atomic mass is 10.2. The molecular formula is C20H27ClN4O2. The molecule has 7 heteroatoms. The summed E-state index contributed by atoms with van der Waals surface area (Å²) in [6.45, 7) is 8.68. The van der Waals surface area contributed by atoms with Crippen LogP contribution >= 0.6 is 11.6 Å². The van der Waals surface area contributed by atoms with Crippen LogP contribution in [0.5, 0.6) is 0 Å². The second-order valence-electron chi connectivity index (χ2n) is 7.31. The van der Waals surface area contributed by atoms with E-state index in [1.165, 1.54) is 6.26 Å². The molecule has 1 amide bonds. The second kappa shape index (κ2) is 8.87. The molecule has 1 fully saturated rings. The Hall–Kier alpha value is -1.89. The molecule has 1 aromatic carbocycles. The van der Waals surface area contributed by atoms with Gasteiger partial charge in [-0.2, -0.15) is 0 Å². The largest absolute Gasteiger partial charge is 0.447 e. The van der Waals surface area contributed by atoms with Crippen molar-refractivity contribution < 1.29 is 9.21 Å². The molecule has 1 aromatic heterocycles. The van der Waals surface area contributed by atoms with E-state index in [2.05, 4.69) is 35.7 Å². The topological polar surface area (TPSA) is 52.8 Å². The molecule has 146 valence electrons. The van der Waals surface area contributed by atoms with E-state index in [-0.39, 0.29) is 11.9 Å². The first-order chi connectivity index (χ1) is 12.9. The number of carbonyl (C=O) groups excluding carboxylic acids is 1. The number of oxazole rings is 1. The van der Waals surface area contributed by atoms with E-state index in [0.717, 1.165) is 36.8 Å². The highest BCUT2D eigenvalue weighted by atomic mass is 35.5. The number of likely N-dealkylation sites (N-methyl/N-ethyl adjacent to an activating group) is 1. The molecule has 0 spiro atoms. The van der Waals surface area contributed by atoms with Gasteiger partial charge in [0, 0.05) is 43.8 Å². The fraction of sp³-hybridized carbons (Fsp3) is 0.500. The summed E-state index contributed by atoms with van der Waals surface area (Å²) in [6.07, 6.45) is 1.48. The molecule has 0 unspecified atom stereocenters. The van der Waals surface area contributed by atoms with Crippen molar-refractivity contribution in [3.8, 4) is 0 Å². The third-order valence-electron chi connectivity index (χ3n) is 4.96. The number of nitrogens with zero attached hydrogens (tertiary/aromatic N) is 4. The second-order valence-corrected chi connectivity index (χ2v) is 7.72. The standard InChI is InChI=1S/C20H27ClN4O2/c1-15(2)25(12-16-6-4-5-7-17(16)21)13-19-22-18(14-27-19)20(26)24-10-8-23(3)9-11-24/h4-7,14-15H,8-13H2,1-3H3. The van der Waals surface area contributed by atoms with E-state index in [4.69, 9.17) is 16.0 Å². The normalized spacial score (nSPS) is 15.7. The minimum absolute atomic E-state index is 0.0553. The van der Waals surface area contributed by atoms with Crippen LogP contribution in [0.1, 0.15) is 35.8 Å². The van der Waals surface area contributed by atoms with Crippen LogP contribution in [0.15, 0.2) is 34.9 Å². The van der Waals surface area contributed by atoms with Crippen molar-refractivity contribution >= 4 is 17.5 Å². The summed E-state index contributed by atoms with van der Waals surface area (Å²) in [4.78, 5) is 23.3. The fourth-order valence-electron chi connectivity index (χ4n) is 3.09. The quantitative estimate of drug-likeness (QED) is 0.758. The summed E-state index contributed by atoms with van der Waals surface area (Å²) >= 11 is 6.30. The van der Waals surface area contributed by atoms with Gasteiger partial charge in [-0.15, -0.1) is 0 Å². The molecule has 0 saturated carbocycles. The van der Waals surface area contributed by atoms with E-state index < -0.39 is 0 Å². The molecular weight excluding hydrogens is 364 g/mol. The predicted octanol–water partition coefficient (Wildman–Crippen LogP) is 3.13. The van der Waals surface area contributed by atoms with E-state index in [1.807, 2.05) is 29.2 Å². The highest BCUT2D eigenvalue weighted by Gasteiger charge is 2.24. The number of halogens is 1. The van der Waals surface area contributed by atoms with Crippen LogP contribution < -0.4 is 0 Å². The van der Waals surface area contributed by atoms with Crippen molar-refractivity contribution in [2.75, 3.05) is 33.2 Å².